The second kappa shape index (κ2) is 5.91. The average Bonchev–Trinajstić information content (AvgIpc) is 2.95. The number of non-ortho nitro benzene ring substituents is 1. The molecule has 6 nitrogen and oxygen atoms in total. The first kappa shape index (κ1) is 14.2. The predicted octanol–water partition coefficient (Wildman–Crippen LogP) is 1.56. The van der Waals surface area contributed by atoms with E-state index in [1.807, 2.05) is 0 Å². The van der Waals surface area contributed by atoms with Gasteiger partial charge in [-0.25, -0.2) is 0 Å². The molecule has 0 aromatic heterocycles. The lowest BCUT2D eigenvalue weighted by molar-refractivity contribution is -0.384. The number of nitrogens with zero attached hydrogens (tertiary/aromatic N) is 3. The zero-order valence-electron chi connectivity index (χ0n) is 11.9. The van der Waals surface area contributed by atoms with Gasteiger partial charge in [-0.3, -0.25) is 24.7 Å². The van der Waals surface area contributed by atoms with Gasteiger partial charge in [0.05, 0.1) is 11.5 Å². The van der Waals surface area contributed by atoms with Gasteiger partial charge in [0, 0.05) is 43.4 Å². The minimum absolute atomic E-state index is 0.0264. The van der Waals surface area contributed by atoms with Crippen LogP contribution in [0.1, 0.15) is 23.2 Å². The first-order valence-electron chi connectivity index (χ1n) is 7.37. The van der Waals surface area contributed by atoms with E-state index in [9.17, 15) is 14.9 Å². The van der Waals surface area contributed by atoms with Crippen LogP contribution in [0.15, 0.2) is 24.3 Å². The highest BCUT2D eigenvalue weighted by molar-refractivity contribution is 5.98. The van der Waals surface area contributed by atoms with Gasteiger partial charge >= 0.3 is 0 Å². The van der Waals surface area contributed by atoms with Crippen molar-refractivity contribution in [1.29, 1.82) is 0 Å². The number of benzene rings is 1. The minimum Gasteiger partial charge on any atom is -0.298 e. The van der Waals surface area contributed by atoms with E-state index in [0.717, 1.165) is 19.6 Å². The van der Waals surface area contributed by atoms with Crippen LogP contribution in [0.5, 0.6) is 0 Å². The summed E-state index contributed by atoms with van der Waals surface area (Å²) in [7, 11) is 0. The zero-order valence-corrected chi connectivity index (χ0v) is 11.9. The van der Waals surface area contributed by atoms with E-state index in [0.29, 0.717) is 18.2 Å². The van der Waals surface area contributed by atoms with Crippen LogP contribution in [0.4, 0.5) is 5.69 Å². The summed E-state index contributed by atoms with van der Waals surface area (Å²) < 4.78 is 0. The molecule has 1 aromatic rings. The molecule has 112 valence electrons. The molecule has 6 heteroatoms. The van der Waals surface area contributed by atoms with Gasteiger partial charge in [0.25, 0.3) is 5.69 Å². The minimum atomic E-state index is -0.464. The Bertz CT molecular complexity index is 561. The summed E-state index contributed by atoms with van der Waals surface area (Å²) in [6.45, 7) is 4.38. The van der Waals surface area contributed by atoms with Crippen LogP contribution in [0.2, 0.25) is 0 Å². The fourth-order valence-corrected chi connectivity index (χ4v) is 3.29. The van der Waals surface area contributed by atoms with Crippen molar-refractivity contribution in [1.82, 2.24) is 9.80 Å². The largest absolute Gasteiger partial charge is 0.298 e. The maximum Gasteiger partial charge on any atom is 0.270 e. The lowest BCUT2D eigenvalue weighted by Crippen LogP contribution is -2.51. The lowest BCUT2D eigenvalue weighted by Gasteiger charge is -2.37. The molecule has 0 N–H and O–H groups in total. The molecule has 3 rings (SSSR count). The van der Waals surface area contributed by atoms with Crippen molar-refractivity contribution < 1.29 is 9.72 Å². The van der Waals surface area contributed by atoms with Crippen molar-refractivity contribution in [2.75, 3.05) is 32.7 Å². The number of piperazine rings is 1. The highest BCUT2D eigenvalue weighted by Gasteiger charge is 2.31. The van der Waals surface area contributed by atoms with Crippen LogP contribution >= 0.6 is 0 Å². The molecule has 2 heterocycles. The number of fused-ring (bicyclic) bond motifs is 1. The standard InChI is InChI=1S/C15H19N3O3/c19-15(12-3-1-4-13(9-12)18(20)21)11-16-7-8-17-6-2-5-14(17)10-16/h1,3-4,9,14H,2,5-8,10-11H2. The Hall–Kier alpha value is -1.79. The summed E-state index contributed by atoms with van der Waals surface area (Å²) in [6.07, 6.45) is 2.46. The average molecular weight is 289 g/mol. The Balaban J connectivity index is 1.63. The predicted molar refractivity (Wildman–Crippen MR) is 78.5 cm³/mol. The molecule has 2 saturated heterocycles. The smallest absolute Gasteiger partial charge is 0.270 e. The van der Waals surface area contributed by atoms with E-state index in [1.54, 1.807) is 12.1 Å². The van der Waals surface area contributed by atoms with Gasteiger partial charge < -0.3 is 0 Å². The number of nitro benzene ring substituents is 1. The molecule has 2 fully saturated rings. The quantitative estimate of drug-likeness (QED) is 0.478. The van der Waals surface area contributed by atoms with Crippen molar-refractivity contribution in [2.45, 2.75) is 18.9 Å². The topological polar surface area (TPSA) is 66.7 Å². The number of carbonyl (C=O) groups is 1. The Morgan fingerprint density at radius 1 is 1.33 bits per heavy atom. The van der Waals surface area contributed by atoms with Crippen molar-refractivity contribution in [3.05, 3.63) is 39.9 Å². The molecule has 0 amide bonds. The van der Waals surface area contributed by atoms with Gasteiger partial charge in [-0.2, -0.15) is 0 Å². The van der Waals surface area contributed by atoms with Crippen molar-refractivity contribution in [3.63, 3.8) is 0 Å². The van der Waals surface area contributed by atoms with Gasteiger partial charge in [0.1, 0.15) is 0 Å². The normalized spacial score (nSPS) is 23.0. The van der Waals surface area contributed by atoms with Crippen LogP contribution in [0, 0.1) is 10.1 Å². The third kappa shape index (κ3) is 3.11. The molecule has 0 spiro atoms. The maximum absolute atomic E-state index is 12.3. The van der Waals surface area contributed by atoms with E-state index < -0.39 is 4.92 Å². The number of Topliss-reactive ketones (excluding diaryl/α,β-unsaturated/α-hetero) is 1. The van der Waals surface area contributed by atoms with Crippen LogP contribution in [-0.4, -0.2) is 59.3 Å². The zero-order chi connectivity index (χ0) is 14.8. The summed E-state index contributed by atoms with van der Waals surface area (Å²) in [6, 6.07) is 6.58. The highest BCUT2D eigenvalue weighted by Crippen LogP contribution is 2.22. The summed E-state index contributed by atoms with van der Waals surface area (Å²) in [5.41, 5.74) is 0.402. The molecule has 0 aliphatic carbocycles. The van der Waals surface area contributed by atoms with Crippen molar-refractivity contribution in [3.8, 4) is 0 Å². The molecule has 21 heavy (non-hydrogen) atoms. The van der Waals surface area contributed by atoms with Crippen molar-refractivity contribution in [2.24, 2.45) is 0 Å². The number of ketones is 1. The van der Waals surface area contributed by atoms with Gasteiger partial charge in [0.15, 0.2) is 5.78 Å². The molecular formula is C15H19N3O3. The molecular weight excluding hydrogens is 270 g/mol. The highest BCUT2D eigenvalue weighted by atomic mass is 16.6. The van der Waals surface area contributed by atoms with E-state index in [-0.39, 0.29) is 11.5 Å². The van der Waals surface area contributed by atoms with Gasteiger partial charge in [-0.15, -0.1) is 0 Å². The molecule has 1 unspecified atom stereocenters. The molecule has 0 saturated carbocycles. The molecule has 1 aromatic carbocycles. The summed E-state index contributed by atoms with van der Waals surface area (Å²) >= 11 is 0. The molecule has 2 aliphatic rings. The van der Waals surface area contributed by atoms with E-state index in [1.165, 1.54) is 31.5 Å². The number of carbonyl (C=O) groups excluding carboxylic acids is 1. The Morgan fingerprint density at radius 2 is 2.19 bits per heavy atom. The monoisotopic (exact) mass is 289 g/mol. The van der Waals surface area contributed by atoms with E-state index in [2.05, 4.69) is 9.80 Å². The number of hydrogen-bond donors (Lipinski definition) is 0. The first-order valence-corrected chi connectivity index (χ1v) is 7.37. The van der Waals surface area contributed by atoms with E-state index >= 15 is 0 Å². The third-order valence-corrected chi connectivity index (χ3v) is 4.42. The molecule has 0 bridgehead atoms. The van der Waals surface area contributed by atoms with Crippen LogP contribution in [0.25, 0.3) is 0 Å². The summed E-state index contributed by atoms with van der Waals surface area (Å²) in [5, 5.41) is 10.8. The maximum atomic E-state index is 12.3. The SMILES string of the molecule is O=C(CN1CCN2CCCC2C1)c1cccc([N+](=O)[O-])c1. The van der Waals surface area contributed by atoms with Crippen molar-refractivity contribution >= 4 is 11.5 Å². The fourth-order valence-electron chi connectivity index (χ4n) is 3.29. The number of rotatable bonds is 4. The van der Waals surface area contributed by atoms with Gasteiger partial charge in [-0.05, 0) is 19.4 Å². The van der Waals surface area contributed by atoms with E-state index in [4.69, 9.17) is 0 Å². The van der Waals surface area contributed by atoms with Crippen LogP contribution < -0.4 is 0 Å². The second-order valence-electron chi connectivity index (χ2n) is 5.80. The second-order valence-corrected chi connectivity index (χ2v) is 5.80. The number of hydrogen-bond acceptors (Lipinski definition) is 5. The molecule has 0 radical (unpaired) electrons. The fraction of sp³-hybridized carbons (Fsp3) is 0.533. The Morgan fingerprint density at radius 3 is 3.00 bits per heavy atom. The third-order valence-electron chi connectivity index (χ3n) is 4.42. The van der Waals surface area contributed by atoms with Gasteiger partial charge in [-0.1, -0.05) is 12.1 Å². The molecule has 1 atom stereocenters. The number of nitro groups is 1. The van der Waals surface area contributed by atoms with Crippen LogP contribution in [-0.2, 0) is 0 Å². The van der Waals surface area contributed by atoms with Crippen LogP contribution in [0.3, 0.4) is 0 Å². The molecule has 2 aliphatic heterocycles. The summed E-state index contributed by atoms with van der Waals surface area (Å²) in [4.78, 5) is 27.3. The lowest BCUT2D eigenvalue weighted by atomic mass is 10.1. The summed E-state index contributed by atoms with van der Waals surface area (Å²) in [5.74, 6) is -0.0369. The Kier molecular flexibility index (Phi) is 3.98. The Labute approximate surface area is 123 Å². The van der Waals surface area contributed by atoms with Gasteiger partial charge in [0.2, 0.25) is 0 Å². The first-order chi connectivity index (χ1) is 10.1.